The fourth-order valence-electron chi connectivity index (χ4n) is 3.57. The van der Waals surface area contributed by atoms with Crippen LogP contribution in [0.25, 0.3) is 44.3 Å². The summed E-state index contributed by atoms with van der Waals surface area (Å²) in [6, 6.07) is 7.30. The maximum atomic E-state index is 11.6. The molecule has 0 bridgehead atoms. The van der Waals surface area contributed by atoms with Crippen molar-refractivity contribution in [3.05, 3.63) is 47.7 Å². The van der Waals surface area contributed by atoms with E-state index >= 15 is 0 Å². The first kappa shape index (κ1) is 16.8. The van der Waals surface area contributed by atoms with Gasteiger partial charge in [-0.15, -0.1) is 0 Å². The molecule has 0 fully saturated rings. The summed E-state index contributed by atoms with van der Waals surface area (Å²) in [5.74, 6) is -2.22. The van der Waals surface area contributed by atoms with Crippen LogP contribution in [0.3, 0.4) is 0 Å². The van der Waals surface area contributed by atoms with Gasteiger partial charge in [-0.3, -0.25) is 4.79 Å². The summed E-state index contributed by atoms with van der Waals surface area (Å²) in [5.41, 5.74) is 2.81. The molecule has 0 saturated heterocycles. The second-order valence-corrected chi connectivity index (χ2v) is 6.40. The van der Waals surface area contributed by atoms with Crippen molar-refractivity contribution in [1.82, 2.24) is 15.0 Å². The van der Waals surface area contributed by atoms with Crippen LogP contribution in [0.15, 0.2) is 36.5 Å². The Bertz CT molecular complexity index is 1410. The number of pyridine rings is 1. The zero-order valence-corrected chi connectivity index (χ0v) is 14.4. The van der Waals surface area contributed by atoms with Crippen LogP contribution in [0.5, 0.6) is 5.88 Å². The van der Waals surface area contributed by atoms with Crippen LogP contribution in [-0.2, 0) is 4.79 Å². The van der Waals surface area contributed by atoms with E-state index in [0.717, 1.165) is 0 Å². The van der Waals surface area contributed by atoms with Crippen molar-refractivity contribution in [1.29, 1.82) is 0 Å². The van der Waals surface area contributed by atoms with Gasteiger partial charge in [0.05, 0.1) is 34.2 Å². The monoisotopic (exact) mass is 387 g/mol. The summed E-state index contributed by atoms with van der Waals surface area (Å²) in [6.07, 6.45) is 1.39. The third-order valence-electron chi connectivity index (χ3n) is 4.75. The van der Waals surface area contributed by atoms with Gasteiger partial charge in [0.2, 0.25) is 5.88 Å². The highest BCUT2D eigenvalue weighted by Gasteiger charge is 2.28. The summed E-state index contributed by atoms with van der Waals surface area (Å²) in [4.78, 5) is 46.8. The van der Waals surface area contributed by atoms with E-state index in [4.69, 9.17) is 4.74 Å². The molecule has 1 aliphatic rings. The van der Waals surface area contributed by atoms with Crippen molar-refractivity contribution in [2.24, 2.45) is 0 Å². The highest BCUT2D eigenvalue weighted by molar-refractivity contribution is 6.17. The van der Waals surface area contributed by atoms with Crippen LogP contribution in [-0.4, -0.2) is 43.6 Å². The van der Waals surface area contributed by atoms with E-state index in [1.165, 1.54) is 36.5 Å². The molecule has 0 saturated carbocycles. The number of carbonyl (C=O) groups is 3. The van der Waals surface area contributed by atoms with Crippen LogP contribution in [0.1, 0.15) is 20.7 Å². The number of rotatable bonds is 4. The third-order valence-corrected chi connectivity index (χ3v) is 4.75. The van der Waals surface area contributed by atoms with Crippen molar-refractivity contribution >= 4 is 40.2 Å². The minimum Gasteiger partial charge on any atom is -0.478 e. The molecule has 0 spiro atoms. The fraction of sp³-hybridized carbons (Fsp3) is 0. The van der Waals surface area contributed by atoms with E-state index in [-0.39, 0.29) is 23.5 Å². The summed E-state index contributed by atoms with van der Waals surface area (Å²) in [6.45, 7) is 0.248. The Morgan fingerprint density at radius 3 is 2.00 bits per heavy atom. The molecule has 4 aromatic rings. The number of aromatic nitrogens is 3. The lowest BCUT2D eigenvalue weighted by Crippen LogP contribution is -1.99. The molecule has 1 aliphatic carbocycles. The molecule has 140 valence electrons. The van der Waals surface area contributed by atoms with Gasteiger partial charge in [-0.1, -0.05) is 0 Å². The number of ether oxygens (including phenoxy) is 1. The van der Waals surface area contributed by atoms with Crippen molar-refractivity contribution in [2.45, 2.75) is 0 Å². The highest BCUT2D eigenvalue weighted by Crippen LogP contribution is 2.47. The summed E-state index contributed by atoms with van der Waals surface area (Å²) >= 11 is 0. The van der Waals surface area contributed by atoms with Gasteiger partial charge in [-0.2, -0.15) is 0 Å². The standard InChI is InChI=1S/C20H9N3O6/c24-7-29-15-5-13-14(6-21-15)23-18-12-4-10(20(27)28)2-8-1-9(19(25)26)3-11(16(8)12)17(18)22-13/h1-7H,(H,25,26)(H,27,28). The number of nitrogens with zero attached hydrogens (tertiary/aromatic N) is 3. The molecule has 0 unspecified atom stereocenters. The van der Waals surface area contributed by atoms with Crippen LogP contribution in [0.4, 0.5) is 0 Å². The van der Waals surface area contributed by atoms with E-state index < -0.39 is 11.9 Å². The van der Waals surface area contributed by atoms with E-state index in [1.807, 2.05) is 0 Å². The quantitative estimate of drug-likeness (QED) is 0.445. The van der Waals surface area contributed by atoms with E-state index in [0.29, 0.717) is 44.3 Å². The Kier molecular flexibility index (Phi) is 3.35. The molecular formula is C20H9N3O6. The van der Waals surface area contributed by atoms with Gasteiger partial charge in [0, 0.05) is 22.6 Å². The van der Waals surface area contributed by atoms with Gasteiger partial charge in [0.1, 0.15) is 5.52 Å². The second-order valence-electron chi connectivity index (χ2n) is 6.40. The smallest absolute Gasteiger partial charge is 0.335 e. The van der Waals surface area contributed by atoms with E-state index in [1.54, 1.807) is 0 Å². The number of carboxylic acids is 2. The molecule has 0 amide bonds. The van der Waals surface area contributed by atoms with Gasteiger partial charge in [0.15, 0.2) is 0 Å². The Morgan fingerprint density at radius 1 is 0.862 bits per heavy atom. The maximum Gasteiger partial charge on any atom is 0.335 e. The normalized spacial score (nSPS) is 11.4. The van der Waals surface area contributed by atoms with Crippen LogP contribution < -0.4 is 4.74 Å². The van der Waals surface area contributed by atoms with Gasteiger partial charge in [-0.25, -0.2) is 24.5 Å². The minimum atomic E-state index is -1.14. The van der Waals surface area contributed by atoms with Crippen molar-refractivity contribution in [3.8, 4) is 28.4 Å². The van der Waals surface area contributed by atoms with Gasteiger partial charge in [0.25, 0.3) is 6.47 Å². The van der Waals surface area contributed by atoms with Crippen molar-refractivity contribution in [2.75, 3.05) is 0 Å². The lowest BCUT2D eigenvalue weighted by atomic mass is 9.98. The van der Waals surface area contributed by atoms with E-state index in [2.05, 4.69) is 15.0 Å². The SMILES string of the molecule is O=COc1cc2nc3c(nc2cn1)-c1cc(C(=O)O)cc2cc(C(=O)O)cc-3c12. The fourth-order valence-corrected chi connectivity index (χ4v) is 3.57. The average Bonchev–Trinajstić information content (AvgIpc) is 3.00. The molecule has 9 nitrogen and oxygen atoms in total. The first-order valence-corrected chi connectivity index (χ1v) is 8.33. The second kappa shape index (κ2) is 5.80. The molecule has 0 atom stereocenters. The molecule has 0 aliphatic heterocycles. The van der Waals surface area contributed by atoms with E-state index in [9.17, 15) is 24.6 Å². The van der Waals surface area contributed by atoms with Gasteiger partial charge >= 0.3 is 11.9 Å². The predicted octanol–water partition coefficient (Wildman–Crippen LogP) is 2.76. The largest absolute Gasteiger partial charge is 0.478 e. The molecule has 2 heterocycles. The lowest BCUT2D eigenvalue weighted by Gasteiger charge is -2.05. The number of fused-ring (bicyclic) bond motifs is 4. The van der Waals surface area contributed by atoms with Crippen LogP contribution >= 0.6 is 0 Å². The number of hydrogen-bond acceptors (Lipinski definition) is 7. The van der Waals surface area contributed by atoms with Crippen LogP contribution in [0, 0.1) is 0 Å². The molecule has 2 N–H and O–H groups in total. The predicted molar refractivity (Wildman–Crippen MR) is 99.9 cm³/mol. The minimum absolute atomic E-state index is 0.00967. The molecular weight excluding hydrogens is 378 g/mol. The van der Waals surface area contributed by atoms with Crippen molar-refractivity contribution < 1.29 is 29.3 Å². The van der Waals surface area contributed by atoms with Crippen molar-refractivity contribution in [3.63, 3.8) is 0 Å². The number of carbonyl (C=O) groups excluding carboxylic acids is 1. The zero-order chi connectivity index (χ0) is 20.3. The van der Waals surface area contributed by atoms with Gasteiger partial charge in [-0.05, 0) is 29.7 Å². The summed E-state index contributed by atoms with van der Waals surface area (Å²) < 4.78 is 4.74. The number of benzene rings is 2. The first-order chi connectivity index (χ1) is 14.0. The summed E-state index contributed by atoms with van der Waals surface area (Å²) in [7, 11) is 0. The number of carboxylic acid groups (broad SMARTS) is 2. The first-order valence-electron chi connectivity index (χ1n) is 8.33. The average molecular weight is 387 g/mol. The molecule has 2 aromatic heterocycles. The number of hydrogen-bond donors (Lipinski definition) is 2. The summed E-state index contributed by atoms with van der Waals surface area (Å²) in [5, 5.41) is 20.1. The Morgan fingerprint density at radius 2 is 1.45 bits per heavy atom. The topological polar surface area (TPSA) is 140 Å². The Labute approximate surface area is 161 Å². The Hall–Kier alpha value is -4.40. The molecule has 29 heavy (non-hydrogen) atoms. The van der Waals surface area contributed by atoms with Gasteiger partial charge < -0.3 is 14.9 Å². The molecule has 9 heteroatoms. The molecule has 2 aromatic carbocycles. The molecule has 5 rings (SSSR count). The highest BCUT2D eigenvalue weighted by atomic mass is 16.5. The van der Waals surface area contributed by atoms with Crippen LogP contribution in [0.2, 0.25) is 0 Å². The number of aromatic carboxylic acids is 2. The third kappa shape index (κ3) is 2.41. The lowest BCUT2D eigenvalue weighted by molar-refractivity contribution is -0.120. The Balaban J connectivity index is 1.88. The maximum absolute atomic E-state index is 11.6. The molecule has 0 radical (unpaired) electrons. The zero-order valence-electron chi connectivity index (χ0n) is 14.4.